The van der Waals surface area contributed by atoms with Gasteiger partial charge >= 0.3 is 5.97 Å². The molecule has 0 radical (unpaired) electrons. The molecule has 0 atom stereocenters. The highest BCUT2D eigenvalue weighted by molar-refractivity contribution is 5.99. The fourth-order valence-corrected chi connectivity index (χ4v) is 3.89. The minimum atomic E-state index is -0.943. The van der Waals surface area contributed by atoms with Gasteiger partial charge in [-0.2, -0.15) is 0 Å². The van der Waals surface area contributed by atoms with Crippen LogP contribution in [0, 0.1) is 0 Å². The van der Waals surface area contributed by atoms with Crippen molar-refractivity contribution in [2.45, 2.75) is 13.3 Å². The molecule has 2 heterocycles. The number of carboxylic acids is 1. The lowest BCUT2D eigenvalue weighted by Gasteiger charge is -2.29. The normalized spacial score (nSPS) is 16.7. The zero-order valence-electron chi connectivity index (χ0n) is 16.4. The van der Waals surface area contributed by atoms with Crippen LogP contribution in [0.1, 0.15) is 18.9 Å². The van der Waals surface area contributed by atoms with Gasteiger partial charge in [-0.05, 0) is 53.5 Å². The quantitative estimate of drug-likeness (QED) is 0.867. The van der Waals surface area contributed by atoms with E-state index in [1.165, 1.54) is 12.6 Å². The van der Waals surface area contributed by atoms with E-state index in [0.29, 0.717) is 18.5 Å². The standard InChI is InChI=1S/C23H24N2O4/c1-16(26)25-9-8-19(23(27)28)15-20-14-18(4-7-22(20)25)17-2-5-21(6-3-17)24-10-12-29-13-11-24/h2-7,14-15H,8-13H2,1H3,(H,27,28). The number of benzene rings is 2. The molecule has 0 unspecified atom stereocenters. The number of amides is 1. The number of fused-ring (bicyclic) bond motifs is 1. The fourth-order valence-electron chi connectivity index (χ4n) is 3.89. The number of anilines is 2. The van der Waals surface area contributed by atoms with Crippen molar-refractivity contribution in [1.82, 2.24) is 0 Å². The molecular weight excluding hydrogens is 368 g/mol. The summed E-state index contributed by atoms with van der Waals surface area (Å²) in [5.74, 6) is -1.03. The molecule has 1 amide bonds. The van der Waals surface area contributed by atoms with Crippen molar-refractivity contribution in [1.29, 1.82) is 0 Å². The first kappa shape index (κ1) is 19.2. The van der Waals surface area contributed by atoms with E-state index in [0.717, 1.165) is 48.7 Å². The van der Waals surface area contributed by atoms with Gasteiger partial charge in [0.05, 0.1) is 18.9 Å². The number of ether oxygens (including phenoxy) is 1. The molecule has 0 aliphatic carbocycles. The maximum Gasteiger partial charge on any atom is 0.331 e. The minimum absolute atomic E-state index is 0.0890. The number of nitrogens with zero attached hydrogens (tertiary/aromatic N) is 2. The first-order valence-electron chi connectivity index (χ1n) is 9.82. The maximum atomic E-state index is 12.1. The second kappa shape index (κ2) is 8.09. The molecule has 6 heteroatoms. The van der Waals surface area contributed by atoms with Gasteiger partial charge in [0.15, 0.2) is 0 Å². The first-order chi connectivity index (χ1) is 14.0. The van der Waals surface area contributed by atoms with E-state index in [1.54, 1.807) is 11.0 Å². The largest absolute Gasteiger partial charge is 0.478 e. The third-order valence-electron chi connectivity index (χ3n) is 5.48. The Balaban J connectivity index is 1.68. The number of aliphatic carboxylic acids is 1. The highest BCUT2D eigenvalue weighted by Gasteiger charge is 2.22. The average Bonchev–Trinajstić information content (AvgIpc) is 2.94. The van der Waals surface area contributed by atoms with Crippen LogP contribution in [-0.4, -0.2) is 49.8 Å². The Morgan fingerprint density at radius 2 is 1.66 bits per heavy atom. The van der Waals surface area contributed by atoms with E-state index < -0.39 is 5.97 Å². The molecule has 2 aliphatic rings. The van der Waals surface area contributed by atoms with Crippen molar-refractivity contribution in [2.24, 2.45) is 0 Å². The van der Waals surface area contributed by atoms with E-state index in [4.69, 9.17) is 4.74 Å². The number of carbonyl (C=O) groups is 2. The lowest BCUT2D eigenvalue weighted by atomic mass is 10.00. The topological polar surface area (TPSA) is 70.1 Å². The van der Waals surface area contributed by atoms with Crippen LogP contribution < -0.4 is 9.80 Å². The van der Waals surface area contributed by atoms with Crippen LogP contribution in [0.15, 0.2) is 48.0 Å². The van der Waals surface area contributed by atoms with Gasteiger partial charge in [0.1, 0.15) is 0 Å². The predicted octanol–water partition coefficient (Wildman–Crippen LogP) is 3.41. The number of rotatable bonds is 3. The van der Waals surface area contributed by atoms with Crippen LogP contribution in [0.3, 0.4) is 0 Å². The minimum Gasteiger partial charge on any atom is -0.478 e. The number of hydrogen-bond donors (Lipinski definition) is 1. The number of hydrogen-bond acceptors (Lipinski definition) is 4. The molecule has 2 aromatic rings. The second-order valence-corrected chi connectivity index (χ2v) is 7.32. The molecule has 150 valence electrons. The van der Waals surface area contributed by atoms with E-state index in [9.17, 15) is 14.7 Å². The lowest BCUT2D eigenvalue weighted by molar-refractivity contribution is -0.132. The van der Waals surface area contributed by atoms with Crippen molar-refractivity contribution in [2.75, 3.05) is 42.6 Å². The van der Waals surface area contributed by atoms with Gasteiger partial charge in [-0.1, -0.05) is 18.2 Å². The Labute approximate surface area is 170 Å². The Bertz CT molecular complexity index is 959. The summed E-state index contributed by atoms with van der Waals surface area (Å²) in [6, 6.07) is 14.2. The molecule has 2 aliphatic heterocycles. The van der Waals surface area contributed by atoms with Crippen LogP contribution in [0.25, 0.3) is 17.2 Å². The van der Waals surface area contributed by atoms with Crippen molar-refractivity contribution in [3.8, 4) is 11.1 Å². The molecular formula is C23H24N2O4. The lowest BCUT2D eigenvalue weighted by Crippen LogP contribution is -2.36. The van der Waals surface area contributed by atoms with Gasteiger partial charge in [0, 0.05) is 37.8 Å². The molecule has 0 saturated carbocycles. The third-order valence-corrected chi connectivity index (χ3v) is 5.48. The van der Waals surface area contributed by atoms with Crippen molar-refractivity contribution < 1.29 is 19.4 Å². The Morgan fingerprint density at radius 3 is 2.31 bits per heavy atom. The van der Waals surface area contributed by atoms with E-state index in [-0.39, 0.29) is 5.91 Å². The summed E-state index contributed by atoms with van der Waals surface area (Å²) in [6.45, 7) is 5.15. The summed E-state index contributed by atoms with van der Waals surface area (Å²) in [5.41, 5.74) is 5.03. The summed E-state index contributed by atoms with van der Waals surface area (Å²) >= 11 is 0. The van der Waals surface area contributed by atoms with E-state index in [1.807, 2.05) is 18.2 Å². The SMILES string of the molecule is CC(=O)N1CCC(C(=O)O)=Cc2cc(-c3ccc(N4CCOCC4)cc3)ccc21. The molecule has 6 nitrogen and oxygen atoms in total. The Morgan fingerprint density at radius 1 is 0.966 bits per heavy atom. The smallest absolute Gasteiger partial charge is 0.331 e. The van der Waals surface area contributed by atoms with Gasteiger partial charge in [-0.15, -0.1) is 0 Å². The van der Waals surface area contributed by atoms with Crippen LogP contribution in [0.2, 0.25) is 0 Å². The first-order valence-corrected chi connectivity index (χ1v) is 9.82. The summed E-state index contributed by atoms with van der Waals surface area (Å²) in [6.07, 6.45) is 2.01. The molecule has 29 heavy (non-hydrogen) atoms. The Kier molecular flexibility index (Phi) is 5.36. The third kappa shape index (κ3) is 4.03. The van der Waals surface area contributed by atoms with Gasteiger partial charge in [-0.3, -0.25) is 4.79 Å². The number of morpholine rings is 1. The summed E-state index contributed by atoms with van der Waals surface area (Å²) in [7, 11) is 0. The van der Waals surface area contributed by atoms with Crippen LogP contribution in [0.4, 0.5) is 11.4 Å². The molecule has 0 aromatic heterocycles. The second-order valence-electron chi connectivity index (χ2n) is 7.32. The molecule has 1 N–H and O–H groups in total. The van der Waals surface area contributed by atoms with Crippen LogP contribution in [-0.2, 0) is 14.3 Å². The Hall–Kier alpha value is -3.12. The van der Waals surface area contributed by atoms with Crippen LogP contribution >= 0.6 is 0 Å². The average molecular weight is 392 g/mol. The number of carbonyl (C=O) groups excluding carboxylic acids is 1. The predicted molar refractivity (Wildman–Crippen MR) is 113 cm³/mol. The maximum absolute atomic E-state index is 12.1. The van der Waals surface area contributed by atoms with Crippen molar-refractivity contribution >= 4 is 29.3 Å². The number of carboxylic acid groups (broad SMARTS) is 1. The summed E-state index contributed by atoms with van der Waals surface area (Å²) < 4.78 is 5.41. The van der Waals surface area contributed by atoms with Gasteiger partial charge in [0.2, 0.25) is 5.91 Å². The van der Waals surface area contributed by atoms with E-state index in [2.05, 4.69) is 29.2 Å². The van der Waals surface area contributed by atoms with Crippen molar-refractivity contribution in [3.05, 3.63) is 53.6 Å². The zero-order chi connectivity index (χ0) is 20.4. The van der Waals surface area contributed by atoms with Gasteiger partial charge in [0.25, 0.3) is 0 Å². The molecule has 0 spiro atoms. The molecule has 4 rings (SSSR count). The zero-order valence-corrected chi connectivity index (χ0v) is 16.4. The molecule has 0 bridgehead atoms. The highest BCUT2D eigenvalue weighted by atomic mass is 16.5. The monoisotopic (exact) mass is 392 g/mol. The molecule has 1 saturated heterocycles. The highest BCUT2D eigenvalue weighted by Crippen LogP contribution is 2.33. The van der Waals surface area contributed by atoms with Gasteiger partial charge < -0.3 is 19.6 Å². The summed E-state index contributed by atoms with van der Waals surface area (Å²) in [5, 5.41) is 9.47. The van der Waals surface area contributed by atoms with Crippen LogP contribution in [0.5, 0.6) is 0 Å². The molecule has 1 fully saturated rings. The molecule has 2 aromatic carbocycles. The van der Waals surface area contributed by atoms with Gasteiger partial charge in [-0.25, -0.2) is 4.79 Å². The fraction of sp³-hybridized carbons (Fsp3) is 0.304. The van der Waals surface area contributed by atoms with Crippen molar-refractivity contribution in [3.63, 3.8) is 0 Å². The summed E-state index contributed by atoms with van der Waals surface area (Å²) in [4.78, 5) is 27.6. The van der Waals surface area contributed by atoms with E-state index >= 15 is 0 Å².